The second-order valence-corrected chi connectivity index (χ2v) is 5.52. The zero-order valence-electron chi connectivity index (χ0n) is 12.0. The highest BCUT2D eigenvalue weighted by Gasteiger charge is 2.17. The maximum Gasteiger partial charge on any atom is 0.254 e. The summed E-state index contributed by atoms with van der Waals surface area (Å²) in [5.41, 5.74) is 6.82. The maximum absolute atomic E-state index is 11.0. The molecule has 0 fully saturated rings. The first kappa shape index (κ1) is 14.5. The van der Waals surface area contributed by atoms with Crippen LogP contribution in [0, 0.1) is 20.8 Å². The Morgan fingerprint density at radius 1 is 1.17 bits per heavy atom. The van der Waals surface area contributed by atoms with Gasteiger partial charge in [-0.3, -0.25) is 10.2 Å². The van der Waals surface area contributed by atoms with Gasteiger partial charge in [0.15, 0.2) is 0 Å². The molecule has 0 bridgehead atoms. The number of carbonyl (C=O) groups is 1. The molecule has 0 heterocycles. The fraction of sp³-hybridized carbons (Fsp3) is 0.500. The summed E-state index contributed by atoms with van der Waals surface area (Å²) in [6.07, 6.45) is 0.629. The average Bonchev–Trinajstić information content (AvgIpc) is 2.19. The van der Waals surface area contributed by atoms with Crippen molar-refractivity contribution in [1.29, 1.82) is 0 Å². The van der Waals surface area contributed by atoms with Gasteiger partial charge in [-0.05, 0) is 52.7 Å². The summed E-state index contributed by atoms with van der Waals surface area (Å²) in [7, 11) is 0. The van der Waals surface area contributed by atoms with Crippen molar-refractivity contribution in [3.05, 3.63) is 28.8 Å². The second-order valence-electron chi connectivity index (χ2n) is 5.52. The van der Waals surface area contributed by atoms with Crippen LogP contribution in [0.3, 0.4) is 0 Å². The minimum atomic E-state index is -0.430. The van der Waals surface area contributed by atoms with Gasteiger partial charge in [0.25, 0.3) is 6.41 Å². The quantitative estimate of drug-likeness (QED) is 0.659. The van der Waals surface area contributed by atoms with Crippen LogP contribution in [0.1, 0.15) is 37.5 Å². The van der Waals surface area contributed by atoms with E-state index in [0.717, 1.165) is 22.0 Å². The van der Waals surface area contributed by atoms with Crippen molar-refractivity contribution in [1.82, 2.24) is 5.17 Å². The smallest absolute Gasteiger partial charge is 0.254 e. The van der Waals surface area contributed by atoms with Crippen LogP contribution < -0.4 is 5.43 Å². The first-order valence-corrected chi connectivity index (χ1v) is 6.01. The highest BCUT2D eigenvalue weighted by Crippen LogP contribution is 2.23. The van der Waals surface area contributed by atoms with Crippen molar-refractivity contribution in [2.75, 3.05) is 5.43 Å². The van der Waals surface area contributed by atoms with Gasteiger partial charge in [0.05, 0.1) is 11.3 Å². The van der Waals surface area contributed by atoms with Crippen molar-refractivity contribution in [2.24, 2.45) is 0 Å². The van der Waals surface area contributed by atoms with Gasteiger partial charge in [-0.15, -0.1) is 5.17 Å². The molecule has 1 aromatic carbocycles. The SMILES string of the molecule is Cc1cc(C)c(NN(C=O)OC(C)(C)C)c(C)c1. The third-order valence-corrected chi connectivity index (χ3v) is 2.37. The lowest BCUT2D eigenvalue weighted by Crippen LogP contribution is -2.37. The van der Waals surface area contributed by atoms with Gasteiger partial charge in [-0.2, -0.15) is 0 Å². The standard InChI is InChI=1S/C14H22N2O2/c1-10-7-11(2)13(12(3)8-10)15-16(9-17)18-14(4,5)6/h7-9,15H,1-6H3. The van der Waals surface area contributed by atoms with Crippen molar-refractivity contribution in [3.8, 4) is 0 Å². The molecule has 4 heteroatoms. The van der Waals surface area contributed by atoms with Gasteiger partial charge in [-0.1, -0.05) is 17.7 Å². The minimum Gasteiger partial charge on any atom is -0.274 e. The summed E-state index contributed by atoms with van der Waals surface area (Å²) in [6.45, 7) is 11.7. The van der Waals surface area contributed by atoms with Gasteiger partial charge < -0.3 is 0 Å². The zero-order chi connectivity index (χ0) is 13.9. The molecule has 1 aromatic rings. The van der Waals surface area contributed by atoms with Gasteiger partial charge >= 0.3 is 0 Å². The molecule has 1 amide bonds. The van der Waals surface area contributed by atoms with E-state index in [2.05, 4.69) is 17.6 Å². The van der Waals surface area contributed by atoms with E-state index in [-0.39, 0.29) is 0 Å². The summed E-state index contributed by atoms with van der Waals surface area (Å²) < 4.78 is 0. The lowest BCUT2D eigenvalue weighted by atomic mass is 10.1. The molecular formula is C14H22N2O2. The summed E-state index contributed by atoms with van der Waals surface area (Å²) in [4.78, 5) is 16.5. The number of hydroxylamine groups is 1. The Labute approximate surface area is 109 Å². The molecule has 0 radical (unpaired) electrons. The normalized spacial score (nSPS) is 11.2. The number of hydrogen-bond donors (Lipinski definition) is 1. The van der Waals surface area contributed by atoms with E-state index in [0.29, 0.717) is 6.41 Å². The van der Waals surface area contributed by atoms with Crippen LogP contribution in [0.5, 0.6) is 0 Å². The molecule has 0 spiro atoms. The Kier molecular flexibility index (Phi) is 4.35. The number of amides is 1. The molecule has 0 aliphatic rings. The number of hydrogen-bond acceptors (Lipinski definition) is 3. The monoisotopic (exact) mass is 250 g/mol. The summed E-state index contributed by atoms with van der Waals surface area (Å²) in [6, 6.07) is 4.13. The molecule has 0 aromatic heterocycles. The Bertz CT molecular complexity index is 413. The third kappa shape index (κ3) is 4.04. The fourth-order valence-corrected chi connectivity index (χ4v) is 1.83. The predicted molar refractivity (Wildman–Crippen MR) is 73.0 cm³/mol. The van der Waals surface area contributed by atoms with Crippen LogP contribution in [-0.2, 0) is 9.63 Å². The Balaban J connectivity index is 2.92. The molecule has 0 aliphatic heterocycles. The highest BCUT2D eigenvalue weighted by molar-refractivity contribution is 5.60. The van der Waals surface area contributed by atoms with Crippen molar-refractivity contribution >= 4 is 12.1 Å². The third-order valence-electron chi connectivity index (χ3n) is 2.37. The molecule has 0 aliphatic carbocycles. The molecular weight excluding hydrogens is 228 g/mol. The zero-order valence-corrected chi connectivity index (χ0v) is 12.0. The predicted octanol–water partition coefficient (Wildman–Crippen LogP) is 3.13. The van der Waals surface area contributed by atoms with Crippen LogP contribution in [0.25, 0.3) is 0 Å². The highest BCUT2D eigenvalue weighted by atomic mass is 16.7. The van der Waals surface area contributed by atoms with Crippen LogP contribution >= 0.6 is 0 Å². The molecule has 4 nitrogen and oxygen atoms in total. The molecule has 18 heavy (non-hydrogen) atoms. The number of benzene rings is 1. The van der Waals surface area contributed by atoms with E-state index in [1.807, 2.05) is 41.5 Å². The first-order valence-electron chi connectivity index (χ1n) is 6.01. The summed E-state index contributed by atoms with van der Waals surface area (Å²) in [5, 5.41) is 1.12. The lowest BCUT2D eigenvalue weighted by Gasteiger charge is -2.28. The van der Waals surface area contributed by atoms with Gasteiger partial charge in [0.2, 0.25) is 0 Å². The van der Waals surface area contributed by atoms with E-state index in [4.69, 9.17) is 4.84 Å². The number of nitrogens with zero attached hydrogens (tertiary/aromatic N) is 1. The van der Waals surface area contributed by atoms with Crippen molar-refractivity contribution in [2.45, 2.75) is 47.1 Å². The molecule has 0 saturated heterocycles. The molecule has 0 unspecified atom stereocenters. The van der Waals surface area contributed by atoms with E-state index in [1.165, 1.54) is 5.56 Å². The second kappa shape index (κ2) is 5.40. The lowest BCUT2D eigenvalue weighted by molar-refractivity contribution is -0.205. The number of hydrazine groups is 1. The van der Waals surface area contributed by atoms with E-state index < -0.39 is 5.60 Å². The summed E-state index contributed by atoms with van der Waals surface area (Å²) in [5.74, 6) is 0. The number of rotatable bonds is 4. The van der Waals surface area contributed by atoms with Crippen molar-refractivity contribution < 1.29 is 9.63 Å². The van der Waals surface area contributed by atoms with Crippen LogP contribution in [0.15, 0.2) is 12.1 Å². The Hall–Kier alpha value is -1.55. The van der Waals surface area contributed by atoms with Gasteiger partial charge in [0, 0.05) is 0 Å². The summed E-state index contributed by atoms with van der Waals surface area (Å²) >= 11 is 0. The minimum absolute atomic E-state index is 0.430. The van der Waals surface area contributed by atoms with Crippen LogP contribution in [0.4, 0.5) is 5.69 Å². The van der Waals surface area contributed by atoms with Gasteiger partial charge in [0.1, 0.15) is 0 Å². The number of anilines is 1. The van der Waals surface area contributed by atoms with Crippen LogP contribution in [-0.4, -0.2) is 17.2 Å². The van der Waals surface area contributed by atoms with E-state index in [1.54, 1.807) is 0 Å². The molecule has 1 N–H and O–H groups in total. The number of aryl methyl sites for hydroxylation is 3. The van der Waals surface area contributed by atoms with Crippen LogP contribution in [0.2, 0.25) is 0 Å². The molecule has 1 rings (SSSR count). The maximum atomic E-state index is 11.0. The van der Waals surface area contributed by atoms with Crippen molar-refractivity contribution in [3.63, 3.8) is 0 Å². The molecule has 0 saturated carbocycles. The largest absolute Gasteiger partial charge is 0.274 e. The van der Waals surface area contributed by atoms with E-state index in [9.17, 15) is 4.79 Å². The average molecular weight is 250 g/mol. The topological polar surface area (TPSA) is 41.6 Å². The number of carbonyl (C=O) groups excluding carboxylic acids is 1. The van der Waals surface area contributed by atoms with E-state index >= 15 is 0 Å². The first-order chi connectivity index (χ1) is 8.23. The Morgan fingerprint density at radius 3 is 2.06 bits per heavy atom. The Morgan fingerprint density at radius 2 is 1.67 bits per heavy atom. The fourth-order valence-electron chi connectivity index (χ4n) is 1.83. The molecule has 0 atom stereocenters. The number of nitrogens with one attached hydrogen (secondary N) is 1. The van der Waals surface area contributed by atoms with Gasteiger partial charge in [-0.25, -0.2) is 4.84 Å². The molecule has 100 valence electrons.